The molecule has 0 aliphatic heterocycles. The Morgan fingerprint density at radius 3 is 2.43 bits per heavy atom. The molecular weight excluding hydrogens is 264 g/mol. The number of rotatable bonds is 7. The largest absolute Gasteiger partial charge is 0.388 e. The summed E-state index contributed by atoms with van der Waals surface area (Å²) in [6.07, 6.45) is 1.82. The predicted molar refractivity (Wildman–Crippen MR) is 86.2 cm³/mol. The summed E-state index contributed by atoms with van der Waals surface area (Å²) in [4.78, 5) is 11.8. The monoisotopic (exact) mass is 292 g/mol. The maximum absolute atomic E-state index is 11.8. The van der Waals surface area contributed by atoms with Crippen LogP contribution in [0.15, 0.2) is 30.3 Å². The fourth-order valence-electron chi connectivity index (χ4n) is 1.84. The van der Waals surface area contributed by atoms with Crippen molar-refractivity contribution in [3.63, 3.8) is 0 Å². The van der Waals surface area contributed by atoms with Gasteiger partial charge in [-0.3, -0.25) is 0 Å². The number of hydrogen-bond donors (Lipinski definition) is 3. The van der Waals surface area contributed by atoms with E-state index in [0.29, 0.717) is 0 Å². The van der Waals surface area contributed by atoms with Gasteiger partial charge in [0.2, 0.25) is 0 Å². The third-order valence-corrected chi connectivity index (χ3v) is 3.94. The van der Waals surface area contributed by atoms with Crippen molar-refractivity contribution in [2.24, 2.45) is 5.92 Å². The third-order valence-electron chi connectivity index (χ3n) is 3.94. The van der Waals surface area contributed by atoms with Crippen molar-refractivity contribution in [3.8, 4) is 0 Å². The molecule has 0 aliphatic carbocycles. The lowest BCUT2D eigenvalue weighted by molar-refractivity contribution is 0.0165. The quantitative estimate of drug-likeness (QED) is 0.723. The summed E-state index contributed by atoms with van der Waals surface area (Å²) in [6, 6.07) is 10.1. The molecule has 118 valence electrons. The molecule has 0 aromatic heterocycles. The number of nitrogens with one attached hydrogen (secondary N) is 2. The Hall–Kier alpha value is -1.55. The van der Waals surface area contributed by atoms with Crippen LogP contribution in [0, 0.1) is 5.92 Å². The number of hydrogen-bond acceptors (Lipinski definition) is 2. The molecule has 0 bridgehead atoms. The molecule has 0 saturated carbocycles. The van der Waals surface area contributed by atoms with E-state index in [1.165, 1.54) is 5.56 Å². The van der Waals surface area contributed by atoms with E-state index in [-0.39, 0.29) is 24.5 Å². The zero-order chi connectivity index (χ0) is 15.9. The van der Waals surface area contributed by atoms with Crippen LogP contribution in [0.1, 0.15) is 39.7 Å². The standard InChI is InChI=1S/C17H28N2O2/c1-13(2)17(4,21)12-18-16(20)19-14(3)10-11-15-8-6-5-7-9-15/h5-9,13-14,21H,10-12H2,1-4H3,(H2,18,19,20). The first-order valence-corrected chi connectivity index (χ1v) is 7.62. The van der Waals surface area contributed by atoms with E-state index in [2.05, 4.69) is 22.8 Å². The Kier molecular flexibility index (Phi) is 6.69. The fraction of sp³-hybridized carbons (Fsp3) is 0.588. The highest BCUT2D eigenvalue weighted by Crippen LogP contribution is 2.14. The second-order valence-corrected chi connectivity index (χ2v) is 6.26. The molecule has 0 heterocycles. The first-order valence-electron chi connectivity index (χ1n) is 7.62. The normalized spacial score (nSPS) is 15.3. The number of amides is 2. The van der Waals surface area contributed by atoms with Gasteiger partial charge in [-0.2, -0.15) is 0 Å². The van der Waals surface area contributed by atoms with Gasteiger partial charge in [0.05, 0.1) is 5.60 Å². The van der Waals surface area contributed by atoms with Crippen molar-refractivity contribution in [1.29, 1.82) is 0 Å². The summed E-state index contributed by atoms with van der Waals surface area (Å²) < 4.78 is 0. The molecule has 0 saturated heterocycles. The zero-order valence-electron chi connectivity index (χ0n) is 13.5. The molecule has 2 atom stereocenters. The van der Waals surface area contributed by atoms with Crippen LogP contribution in [0.4, 0.5) is 4.79 Å². The lowest BCUT2D eigenvalue weighted by atomic mass is 9.93. The minimum atomic E-state index is -0.884. The van der Waals surface area contributed by atoms with Gasteiger partial charge in [0, 0.05) is 12.6 Å². The lowest BCUT2D eigenvalue weighted by Crippen LogP contribution is -2.49. The van der Waals surface area contributed by atoms with Gasteiger partial charge in [-0.05, 0) is 38.2 Å². The Bertz CT molecular complexity index is 430. The second-order valence-electron chi connectivity index (χ2n) is 6.26. The molecule has 4 nitrogen and oxygen atoms in total. The highest BCUT2D eigenvalue weighted by Gasteiger charge is 2.25. The van der Waals surface area contributed by atoms with Crippen LogP contribution in [-0.2, 0) is 6.42 Å². The number of aliphatic hydroxyl groups is 1. The molecule has 4 heteroatoms. The molecule has 2 unspecified atom stereocenters. The van der Waals surface area contributed by atoms with Gasteiger partial charge in [-0.15, -0.1) is 0 Å². The molecule has 21 heavy (non-hydrogen) atoms. The molecule has 1 rings (SSSR count). The average molecular weight is 292 g/mol. The van der Waals surface area contributed by atoms with Crippen molar-refractivity contribution < 1.29 is 9.90 Å². The van der Waals surface area contributed by atoms with Crippen molar-refractivity contribution in [2.75, 3.05) is 6.54 Å². The molecule has 0 fully saturated rings. The summed E-state index contributed by atoms with van der Waals surface area (Å²) in [5.41, 5.74) is 0.388. The predicted octanol–water partition coefficient (Wildman–Crippen LogP) is 2.71. The van der Waals surface area contributed by atoms with Crippen LogP contribution in [0.3, 0.4) is 0 Å². The summed E-state index contributed by atoms with van der Waals surface area (Å²) >= 11 is 0. The van der Waals surface area contributed by atoms with Crippen LogP contribution in [-0.4, -0.2) is 29.3 Å². The molecular formula is C17H28N2O2. The topological polar surface area (TPSA) is 61.4 Å². The number of urea groups is 1. The minimum Gasteiger partial charge on any atom is -0.388 e. The Labute approximate surface area is 128 Å². The van der Waals surface area contributed by atoms with Crippen molar-refractivity contribution in [2.45, 2.75) is 52.2 Å². The Morgan fingerprint density at radius 2 is 1.86 bits per heavy atom. The van der Waals surface area contributed by atoms with Gasteiger partial charge in [-0.1, -0.05) is 44.2 Å². The van der Waals surface area contributed by atoms with E-state index in [1.54, 1.807) is 6.92 Å². The molecule has 0 aliphatic rings. The smallest absolute Gasteiger partial charge is 0.315 e. The SMILES string of the molecule is CC(CCc1ccccc1)NC(=O)NCC(C)(O)C(C)C. The van der Waals surface area contributed by atoms with E-state index in [1.807, 2.05) is 39.0 Å². The first kappa shape index (κ1) is 17.5. The van der Waals surface area contributed by atoms with Crippen molar-refractivity contribution in [1.82, 2.24) is 10.6 Å². The van der Waals surface area contributed by atoms with E-state index < -0.39 is 5.60 Å². The summed E-state index contributed by atoms with van der Waals surface area (Å²) in [5.74, 6) is 0.0910. The number of carbonyl (C=O) groups is 1. The van der Waals surface area contributed by atoms with Gasteiger partial charge in [0.15, 0.2) is 0 Å². The Morgan fingerprint density at radius 1 is 1.24 bits per heavy atom. The summed E-state index contributed by atoms with van der Waals surface area (Å²) in [5, 5.41) is 15.7. The van der Waals surface area contributed by atoms with Crippen molar-refractivity contribution in [3.05, 3.63) is 35.9 Å². The maximum atomic E-state index is 11.8. The lowest BCUT2D eigenvalue weighted by Gasteiger charge is -2.28. The van der Waals surface area contributed by atoms with Gasteiger partial charge in [-0.25, -0.2) is 4.79 Å². The highest BCUT2D eigenvalue weighted by molar-refractivity contribution is 5.74. The summed E-state index contributed by atoms with van der Waals surface area (Å²) in [6.45, 7) is 7.84. The van der Waals surface area contributed by atoms with E-state index >= 15 is 0 Å². The van der Waals surface area contributed by atoms with Gasteiger partial charge in [0.1, 0.15) is 0 Å². The van der Waals surface area contributed by atoms with E-state index in [9.17, 15) is 9.90 Å². The maximum Gasteiger partial charge on any atom is 0.315 e. The number of aryl methyl sites for hydroxylation is 1. The summed E-state index contributed by atoms with van der Waals surface area (Å²) in [7, 11) is 0. The molecule has 2 amide bonds. The van der Waals surface area contributed by atoms with Gasteiger partial charge < -0.3 is 15.7 Å². The molecule has 0 spiro atoms. The van der Waals surface area contributed by atoms with Gasteiger partial charge >= 0.3 is 6.03 Å². The highest BCUT2D eigenvalue weighted by atomic mass is 16.3. The molecule has 0 radical (unpaired) electrons. The Balaban J connectivity index is 2.28. The first-order chi connectivity index (χ1) is 9.81. The minimum absolute atomic E-state index is 0.0910. The molecule has 3 N–H and O–H groups in total. The van der Waals surface area contributed by atoms with Crippen LogP contribution in [0.2, 0.25) is 0 Å². The molecule has 1 aromatic carbocycles. The average Bonchev–Trinajstić information content (AvgIpc) is 2.44. The fourth-order valence-corrected chi connectivity index (χ4v) is 1.84. The third kappa shape index (κ3) is 6.63. The number of benzene rings is 1. The molecule has 1 aromatic rings. The van der Waals surface area contributed by atoms with Crippen molar-refractivity contribution >= 4 is 6.03 Å². The van der Waals surface area contributed by atoms with Crippen LogP contribution in [0.5, 0.6) is 0 Å². The van der Waals surface area contributed by atoms with E-state index in [4.69, 9.17) is 0 Å². The second kappa shape index (κ2) is 8.03. The van der Waals surface area contributed by atoms with Crippen LogP contribution in [0.25, 0.3) is 0 Å². The van der Waals surface area contributed by atoms with E-state index in [0.717, 1.165) is 12.8 Å². The van der Waals surface area contributed by atoms with Crippen LogP contribution < -0.4 is 10.6 Å². The zero-order valence-corrected chi connectivity index (χ0v) is 13.5. The number of carbonyl (C=O) groups excluding carboxylic acids is 1. The van der Waals surface area contributed by atoms with Crippen LogP contribution >= 0.6 is 0 Å². The van der Waals surface area contributed by atoms with Gasteiger partial charge in [0.25, 0.3) is 0 Å².